The van der Waals surface area contributed by atoms with Gasteiger partial charge in [0, 0.05) is 26.2 Å². The molecule has 0 spiro atoms. The van der Waals surface area contributed by atoms with Crippen LogP contribution in [-0.2, 0) is 9.53 Å². The van der Waals surface area contributed by atoms with Crippen LogP contribution in [-0.4, -0.2) is 36.9 Å². The highest BCUT2D eigenvalue weighted by atomic mass is 16.5. The van der Waals surface area contributed by atoms with Gasteiger partial charge in [0.05, 0.1) is 6.10 Å². The van der Waals surface area contributed by atoms with Crippen LogP contribution in [0.25, 0.3) is 0 Å². The number of amides is 1. The van der Waals surface area contributed by atoms with Gasteiger partial charge >= 0.3 is 0 Å². The monoisotopic (exact) mass is 203 g/mol. The SMILES string of the molecule is CCOCCCC(=O)NCC(O)CC. The Morgan fingerprint density at radius 2 is 2.21 bits per heavy atom. The Hall–Kier alpha value is -0.610. The fraction of sp³-hybridized carbons (Fsp3) is 0.900. The Morgan fingerprint density at radius 3 is 2.79 bits per heavy atom. The van der Waals surface area contributed by atoms with Gasteiger partial charge in [0.25, 0.3) is 0 Å². The van der Waals surface area contributed by atoms with E-state index < -0.39 is 6.10 Å². The number of aliphatic hydroxyl groups excluding tert-OH is 1. The number of hydrogen-bond acceptors (Lipinski definition) is 3. The van der Waals surface area contributed by atoms with E-state index in [2.05, 4.69) is 5.32 Å². The molecular weight excluding hydrogens is 182 g/mol. The van der Waals surface area contributed by atoms with Crippen LogP contribution in [0.5, 0.6) is 0 Å². The molecule has 0 aliphatic rings. The largest absolute Gasteiger partial charge is 0.391 e. The van der Waals surface area contributed by atoms with Gasteiger partial charge in [0.15, 0.2) is 0 Å². The van der Waals surface area contributed by atoms with Crippen molar-refractivity contribution in [1.29, 1.82) is 0 Å². The Kier molecular flexibility index (Phi) is 8.57. The molecule has 4 nitrogen and oxygen atoms in total. The topological polar surface area (TPSA) is 58.6 Å². The van der Waals surface area contributed by atoms with Gasteiger partial charge in [-0.2, -0.15) is 0 Å². The number of rotatable bonds is 8. The van der Waals surface area contributed by atoms with Gasteiger partial charge in [-0.3, -0.25) is 4.79 Å². The zero-order valence-electron chi connectivity index (χ0n) is 9.08. The number of hydrogen-bond donors (Lipinski definition) is 2. The average molecular weight is 203 g/mol. The van der Waals surface area contributed by atoms with Crippen molar-refractivity contribution in [3.8, 4) is 0 Å². The Morgan fingerprint density at radius 1 is 1.50 bits per heavy atom. The first-order valence-electron chi connectivity index (χ1n) is 5.23. The van der Waals surface area contributed by atoms with E-state index in [4.69, 9.17) is 4.74 Å². The lowest BCUT2D eigenvalue weighted by molar-refractivity contribution is -0.121. The normalized spacial score (nSPS) is 12.5. The lowest BCUT2D eigenvalue weighted by Crippen LogP contribution is -2.31. The molecule has 14 heavy (non-hydrogen) atoms. The number of carbonyl (C=O) groups excluding carboxylic acids is 1. The van der Waals surface area contributed by atoms with Crippen molar-refractivity contribution in [1.82, 2.24) is 5.32 Å². The third-order valence-electron chi connectivity index (χ3n) is 1.90. The average Bonchev–Trinajstić information content (AvgIpc) is 2.21. The van der Waals surface area contributed by atoms with E-state index >= 15 is 0 Å². The number of nitrogens with one attached hydrogen (secondary N) is 1. The molecule has 1 amide bonds. The van der Waals surface area contributed by atoms with Crippen LogP contribution >= 0.6 is 0 Å². The molecule has 0 fully saturated rings. The third kappa shape index (κ3) is 8.01. The second-order valence-electron chi connectivity index (χ2n) is 3.17. The number of ether oxygens (including phenoxy) is 1. The Bertz CT molecular complexity index is 150. The Balaban J connectivity index is 3.28. The van der Waals surface area contributed by atoms with E-state index in [1.54, 1.807) is 0 Å². The molecule has 0 aliphatic heterocycles. The van der Waals surface area contributed by atoms with Gasteiger partial charge in [0.1, 0.15) is 0 Å². The summed E-state index contributed by atoms with van der Waals surface area (Å²) in [5.41, 5.74) is 0. The van der Waals surface area contributed by atoms with Crippen molar-refractivity contribution in [2.75, 3.05) is 19.8 Å². The molecule has 1 atom stereocenters. The van der Waals surface area contributed by atoms with Crippen molar-refractivity contribution in [2.24, 2.45) is 0 Å². The lowest BCUT2D eigenvalue weighted by atomic mass is 10.2. The minimum atomic E-state index is -0.425. The molecule has 0 radical (unpaired) electrons. The van der Waals surface area contributed by atoms with Gasteiger partial charge in [0.2, 0.25) is 5.91 Å². The minimum absolute atomic E-state index is 0.0165. The summed E-state index contributed by atoms with van der Waals surface area (Å²) in [4.78, 5) is 11.1. The minimum Gasteiger partial charge on any atom is -0.391 e. The lowest BCUT2D eigenvalue weighted by Gasteiger charge is -2.09. The van der Waals surface area contributed by atoms with E-state index in [0.29, 0.717) is 32.6 Å². The second kappa shape index (κ2) is 8.97. The highest BCUT2D eigenvalue weighted by molar-refractivity contribution is 5.75. The summed E-state index contributed by atoms with van der Waals surface area (Å²) in [7, 11) is 0. The van der Waals surface area contributed by atoms with Gasteiger partial charge in [-0.15, -0.1) is 0 Å². The first kappa shape index (κ1) is 13.4. The summed E-state index contributed by atoms with van der Waals surface area (Å²) in [6.07, 6.45) is 1.45. The molecule has 0 heterocycles. The quantitative estimate of drug-likeness (QED) is 0.571. The molecule has 1 unspecified atom stereocenters. The van der Waals surface area contributed by atoms with Gasteiger partial charge < -0.3 is 15.2 Å². The summed E-state index contributed by atoms with van der Waals surface area (Å²) < 4.78 is 5.10. The molecule has 0 bridgehead atoms. The van der Waals surface area contributed by atoms with E-state index in [1.807, 2.05) is 13.8 Å². The molecule has 0 saturated heterocycles. The molecule has 2 N–H and O–H groups in total. The van der Waals surface area contributed by atoms with Crippen molar-refractivity contribution in [3.63, 3.8) is 0 Å². The molecule has 0 saturated carbocycles. The zero-order valence-corrected chi connectivity index (χ0v) is 9.08. The molecule has 0 rings (SSSR count). The van der Waals surface area contributed by atoms with Crippen LogP contribution in [0.15, 0.2) is 0 Å². The number of carbonyl (C=O) groups is 1. The predicted octanol–water partition coefficient (Wildman–Crippen LogP) is 0.690. The molecular formula is C10H21NO3. The summed E-state index contributed by atoms with van der Waals surface area (Å²) in [6.45, 7) is 5.48. The van der Waals surface area contributed by atoms with Crippen LogP contribution in [0.1, 0.15) is 33.1 Å². The molecule has 0 aromatic carbocycles. The standard InChI is InChI=1S/C10H21NO3/c1-3-9(12)8-11-10(13)6-5-7-14-4-2/h9,12H,3-8H2,1-2H3,(H,11,13). The highest BCUT2D eigenvalue weighted by Gasteiger charge is 2.04. The van der Waals surface area contributed by atoms with E-state index in [9.17, 15) is 9.90 Å². The molecule has 0 aromatic rings. The van der Waals surface area contributed by atoms with Gasteiger partial charge in [-0.25, -0.2) is 0 Å². The zero-order chi connectivity index (χ0) is 10.8. The summed E-state index contributed by atoms with van der Waals surface area (Å²) >= 11 is 0. The smallest absolute Gasteiger partial charge is 0.220 e. The van der Waals surface area contributed by atoms with Gasteiger partial charge in [-0.05, 0) is 19.8 Å². The van der Waals surface area contributed by atoms with Crippen LogP contribution in [0, 0.1) is 0 Å². The Labute approximate surface area is 85.6 Å². The first-order valence-corrected chi connectivity index (χ1v) is 5.23. The maximum absolute atomic E-state index is 11.1. The fourth-order valence-electron chi connectivity index (χ4n) is 0.943. The van der Waals surface area contributed by atoms with Crippen LogP contribution < -0.4 is 5.32 Å². The molecule has 84 valence electrons. The van der Waals surface area contributed by atoms with Crippen molar-refractivity contribution in [3.05, 3.63) is 0 Å². The van der Waals surface area contributed by atoms with E-state index in [1.165, 1.54) is 0 Å². The van der Waals surface area contributed by atoms with E-state index in [-0.39, 0.29) is 5.91 Å². The number of aliphatic hydroxyl groups is 1. The summed E-state index contributed by atoms with van der Waals surface area (Å²) in [6, 6.07) is 0. The first-order chi connectivity index (χ1) is 6.70. The maximum atomic E-state index is 11.1. The molecule has 4 heteroatoms. The molecule has 0 aromatic heterocycles. The summed E-state index contributed by atoms with van der Waals surface area (Å²) in [5, 5.41) is 11.8. The van der Waals surface area contributed by atoms with Crippen LogP contribution in [0.3, 0.4) is 0 Å². The summed E-state index contributed by atoms with van der Waals surface area (Å²) in [5.74, 6) is -0.0165. The van der Waals surface area contributed by atoms with Crippen molar-refractivity contribution in [2.45, 2.75) is 39.2 Å². The van der Waals surface area contributed by atoms with Crippen LogP contribution in [0.4, 0.5) is 0 Å². The predicted molar refractivity (Wildman–Crippen MR) is 55.0 cm³/mol. The van der Waals surface area contributed by atoms with Crippen molar-refractivity contribution < 1.29 is 14.6 Å². The maximum Gasteiger partial charge on any atom is 0.220 e. The van der Waals surface area contributed by atoms with Gasteiger partial charge in [-0.1, -0.05) is 6.92 Å². The third-order valence-corrected chi connectivity index (χ3v) is 1.90. The fourth-order valence-corrected chi connectivity index (χ4v) is 0.943. The van der Waals surface area contributed by atoms with E-state index in [0.717, 1.165) is 6.42 Å². The molecule has 0 aliphatic carbocycles. The second-order valence-corrected chi connectivity index (χ2v) is 3.17. The van der Waals surface area contributed by atoms with Crippen molar-refractivity contribution >= 4 is 5.91 Å². The van der Waals surface area contributed by atoms with Crippen LogP contribution in [0.2, 0.25) is 0 Å². The highest BCUT2D eigenvalue weighted by Crippen LogP contribution is 1.92.